The highest BCUT2D eigenvalue weighted by molar-refractivity contribution is 9.10. The summed E-state index contributed by atoms with van der Waals surface area (Å²) < 4.78 is 30.3. The molecule has 1 aromatic rings. The van der Waals surface area contributed by atoms with E-state index in [4.69, 9.17) is 4.74 Å². The largest absolute Gasteiger partial charge is 0.378 e. The number of amides is 1. The van der Waals surface area contributed by atoms with Crippen LogP contribution in [-0.4, -0.2) is 50.2 Å². The highest BCUT2D eigenvalue weighted by atomic mass is 79.9. The Balaban J connectivity index is 1.94. The fourth-order valence-electron chi connectivity index (χ4n) is 2.00. The van der Waals surface area contributed by atoms with Crippen molar-refractivity contribution < 1.29 is 17.9 Å². The van der Waals surface area contributed by atoms with Crippen molar-refractivity contribution in [2.45, 2.75) is 6.42 Å². The normalized spacial score (nSPS) is 15.8. The summed E-state index contributed by atoms with van der Waals surface area (Å²) in [4.78, 5) is 13.9. The van der Waals surface area contributed by atoms with Gasteiger partial charge in [-0.15, -0.1) is 0 Å². The molecule has 1 aromatic carbocycles. The molecule has 8 heteroatoms. The van der Waals surface area contributed by atoms with Gasteiger partial charge < -0.3 is 9.64 Å². The first-order valence-corrected chi connectivity index (χ1v) is 9.28. The van der Waals surface area contributed by atoms with Crippen LogP contribution in [0.2, 0.25) is 0 Å². The first-order chi connectivity index (χ1) is 10.00. The summed E-state index contributed by atoms with van der Waals surface area (Å²) in [6.45, 7) is 2.42. The van der Waals surface area contributed by atoms with E-state index in [-0.39, 0.29) is 10.6 Å². The van der Waals surface area contributed by atoms with Gasteiger partial charge in [0.1, 0.15) is 4.66 Å². The van der Waals surface area contributed by atoms with Crippen molar-refractivity contribution >= 4 is 37.5 Å². The molecule has 1 aliphatic heterocycles. The number of halogens is 1. The second kappa shape index (κ2) is 7.24. The van der Waals surface area contributed by atoms with E-state index in [0.717, 1.165) is 5.56 Å². The number of morpholine rings is 1. The number of ether oxygens (including phenoxy) is 1. The van der Waals surface area contributed by atoms with Crippen LogP contribution in [0.1, 0.15) is 5.56 Å². The summed E-state index contributed by atoms with van der Waals surface area (Å²) in [7, 11) is -3.35. The van der Waals surface area contributed by atoms with Gasteiger partial charge in [-0.3, -0.25) is 9.52 Å². The van der Waals surface area contributed by atoms with Crippen molar-refractivity contribution in [2.75, 3.05) is 35.7 Å². The molecule has 2 rings (SSSR count). The number of anilines is 1. The van der Waals surface area contributed by atoms with Crippen LogP contribution < -0.4 is 4.72 Å². The van der Waals surface area contributed by atoms with Crippen molar-refractivity contribution in [2.24, 2.45) is 0 Å². The Hall–Kier alpha value is -1.12. The van der Waals surface area contributed by atoms with Crippen molar-refractivity contribution in [1.29, 1.82) is 0 Å². The molecule has 1 aliphatic rings. The van der Waals surface area contributed by atoms with Gasteiger partial charge in [0.2, 0.25) is 15.9 Å². The van der Waals surface area contributed by atoms with Gasteiger partial charge in [-0.1, -0.05) is 28.1 Å². The van der Waals surface area contributed by atoms with E-state index in [1.165, 1.54) is 0 Å². The van der Waals surface area contributed by atoms with Crippen molar-refractivity contribution in [1.82, 2.24) is 4.90 Å². The minimum Gasteiger partial charge on any atom is -0.378 e. The Morgan fingerprint density at radius 3 is 2.43 bits per heavy atom. The Morgan fingerprint density at radius 2 is 1.86 bits per heavy atom. The highest BCUT2D eigenvalue weighted by Crippen LogP contribution is 2.13. The number of nitrogens with one attached hydrogen (secondary N) is 1. The number of sulfonamides is 1. The van der Waals surface area contributed by atoms with Gasteiger partial charge in [0.05, 0.1) is 19.6 Å². The second-order valence-electron chi connectivity index (χ2n) is 4.69. The third-order valence-electron chi connectivity index (χ3n) is 3.09. The minimum absolute atomic E-state index is 0.0621. The molecule has 1 saturated heterocycles. The van der Waals surface area contributed by atoms with Gasteiger partial charge in [0.15, 0.2) is 0 Å². The van der Waals surface area contributed by atoms with Crippen LogP contribution in [0.5, 0.6) is 0 Å². The maximum Gasteiger partial charge on any atom is 0.242 e. The van der Waals surface area contributed by atoms with Crippen molar-refractivity contribution in [3.63, 3.8) is 0 Å². The predicted molar refractivity (Wildman–Crippen MR) is 83.9 cm³/mol. The molecule has 0 radical (unpaired) electrons. The van der Waals surface area contributed by atoms with Gasteiger partial charge in [-0.2, -0.15) is 0 Å². The lowest BCUT2D eigenvalue weighted by atomic mass is 10.1. The maximum atomic E-state index is 12.1. The zero-order chi connectivity index (χ0) is 15.3. The molecule has 1 N–H and O–H groups in total. The van der Waals surface area contributed by atoms with Crippen molar-refractivity contribution in [3.8, 4) is 0 Å². The second-order valence-corrected chi connectivity index (χ2v) is 7.72. The number of hydrogen-bond donors (Lipinski definition) is 1. The minimum atomic E-state index is -3.35. The Morgan fingerprint density at radius 1 is 1.24 bits per heavy atom. The molecule has 0 atom stereocenters. The molecular weight excluding hydrogens is 360 g/mol. The molecule has 1 fully saturated rings. The van der Waals surface area contributed by atoms with Crippen LogP contribution in [0.25, 0.3) is 0 Å². The summed E-state index contributed by atoms with van der Waals surface area (Å²) in [5, 5.41) is 0. The number of alkyl halides is 1. The smallest absolute Gasteiger partial charge is 0.242 e. The first-order valence-electron chi connectivity index (χ1n) is 6.51. The number of carbonyl (C=O) groups is 1. The Bertz CT molecular complexity index is 583. The number of rotatable bonds is 5. The van der Waals surface area contributed by atoms with Crippen LogP contribution in [0, 0.1) is 0 Å². The lowest BCUT2D eigenvalue weighted by Crippen LogP contribution is -2.41. The topological polar surface area (TPSA) is 75.7 Å². The van der Waals surface area contributed by atoms with Gasteiger partial charge in [0, 0.05) is 18.8 Å². The lowest BCUT2D eigenvalue weighted by molar-refractivity contribution is -0.134. The van der Waals surface area contributed by atoms with Gasteiger partial charge in [-0.05, 0) is 17.7 Å². The van der Waals surface area contributed by atoms with E-state index >= 15 is 0 Å². The quantitative estimate of drug-likeness (QED) is 0.782. The fourth-order valence-corrected chi connectivity index (χ4v) is 2.89. The van der Waals surface area contributed by atoms with Crippen LogP contribution in [0.15, 0.2) is 24.3 Å². The number of nitrogens with zero attached hydrogens (tertiary/aromatic N) is 1. The van der Waals surface area contributed by atoms with Gasteiger partial charge in [-0.25, -0.2) is 8.42 Å². The molecule has 1 amide bonds. The standard InChI is InChI=1S/C13H17BrN2O4S/c14-10-21(18,19)15-12-3-1-11(2-4-12)9-13(17)16-5-7-20-8-6-16/h1-4,15H,5-10H2. The molecule has 0 bridgehead atoms. The predicted octanol–water partition coefficient (Wildman–Crippen LogP) is 1.18. The van der Waals surface area contributed by atoms with E-state index in [0.29, 0.717) is 38.4 Å². The molecule has 0 spiro atoms. The average molecular weight is 377 g/mol. The van der Waals surface area contributed by atoms with Crippen LogP contribution in [0.4, 0.5) is 5.69 Å². The summed E-state index contributed by atoms with van der Waals surface area (Å²) in [5.74, 6) is 0.0621. The van der Waals surface area contributed by atoms with E-state index in [1.807, 2.05) is 0 Å². The summed E-state index contributed by atoms with van der Waals surface area (Å²) >= 11 is 2.91. The molecule has 0 aromatic heterocycles. The summed E-state index contributed by atoms with van der Waals surface area (Å²) in [5.41, 5.74) is 1.34. The maximum absolute atomic E-state index is 12.1. The first kappa shape index (κ1) is 16.3. The Labute approximate surface area is 132 Å². The number of carbonyl (C=O) groups excluding carboxylic acids is 1. The average Bonchev–Trinajstić information content (AvgIpc) is 2.50. The Kier molecular flexibility index (Phi) is 5.60. The van der Waals surface area contributed by atoms with Crippen LogP contribution in [0.3, 0.4) is 0 Å². The molecule has 0 unspecified atom stereocenters. The van der Waals surface area contributed by atoms with E-state index in [2.05, 4.69) is 20.7 Å². The zero-order valence-electron chi connectivity index (χ0n) is 11.4. The number of benzene rings is 1. The van der Waals surface area contributed by atoms with E-state index < -0.39 is 10.0 Å². The molecule has 0 saturated carbocycles. The highest BCUT2D eigenvalue weighted by Gasteiger charge is 2.17. The molecular formula is C13H17BrN2O4S. The monoisotopic (exact) mass is 376 g/mol. The van der Waals surface area contributed by atoms with Crippen LogP contribution >= 0.6 is 15.9 Å². The van der Waals surface area contributed by atoms with Crippen molar-refractivity contribution in [3.05, 3.63) is 29.8 Å². The molecule has 1 heterocycles. The van der Waals surface area contributed by atoms with E-state index in [9.17, 15) is 13.2 Å². The lowest BCUT2D eigenvalue weighted by Gasteiger charge is -2.26. The summed E-state index contributed by atoms with van der Waals surface area (Å²) in [6.07, 6.45) is 0.311. The summed E-state index contributed by atoms with van der Waals surface area (Å²) in [6, 6.07) is 6.82. The fraction of sp³-hybridized carbons (Fsp3) is 0.462. The zero-order valence-corrected chi connectivity index (χ0v) is 13.8. The molecule has 6 nitrogen and oxygen atoms in total. The van der Waals surface area contributed by atoms with Gasteiger partial charge in [0.25, 0.3) is 0 Å². The molecule has 0 aliphatic carbocycles. The molecule has 116 valence electrons. The van der Waals surface area contributed by atoms with Gasteiger partial charge >= 0.3 is 0 Å². The third kappa shape index (κ3) is 4.98. The van der Waals surface area contributed by atoms with Crippen LogP contribution in [-0.2, 0) is 26.0 Å². The number of hydrogen-bond acceptors (Lipinski definition) is 4. The third-order valence-corrected chi connectivity index (χ3v) is 5.73. The SMILES string of the molecule is O=C(Cc1ccc(NS(=O)(=O)CBr)cc1)N1CCOCC1. The molecule has 21 heavy (non-hydrogen) atoms. The van der Waals surface area contributed by atoms with E-state index in [1.54, 1.807) is 29.2 Å².